The van der Waals surface area contributed by atoms with Crippen LogP contribution in [0, 0.1) is 6.92 Å². The van der Waals surface area contributed by atoms with Gasteiger partial charge in [0.15, 0.2) is 6.61 Å². The lowest BCUT2D eigenvalue weighted by molar-refractivity contribution is -0.123. The number of halogens is 2. The van der Waals surface area contributed by atoms with Crippen LogP contribution in [0.3, 0.4) is 0 Å². The van der Waals surface area contributed by atoms with Crippen LogP contribution >= 0.6 is 31.9 Å². The summed E-state index contributed by atoms with van der Waals surface area (Å²) in [5.74, 6) is 0.0774. The van der Waals surface area contributed by atoms with Gasteiger partial charge in [-0.3, -0.25) is 14.5 Å². The zero-order valence-electron chi connectivity index (χ0n) is 12.8. The summed E-state index contributed by atoms with van der Waals surface area (Å²) in [6.45, 7) is 1.77. The first-order chi connectivity index (χ1) is 11.4. The molecule has 2 aromatic rings. The van der Waals surface area contributed by atoms with Gasteiger partial charge >= 0.3 is 0 Å². The highest BCUT2D eigenvalue weighted by Gasteiger charge is 2.27. The van der Waals surface area contributed by atoms with E-state index in [1.165, 1.54) is 4.90 Å². The van der Waals surface area contributed by atoms with Gasteiger partial charge in [0.1, 0.15) is 12.3 Å². The number of rotatable bonds is 3. The molecule has 1 N–H and O–H groups in total. The van der Waals surface area contributed by atoms with Gasteiger partial charge in [-0.15, -0.1) is 0 Å². The Morgan fingerprint density at radius 2 is 1.92 bits per heavy atom. The second kappa shape index (κ2) is 6.94. The van der Waals surface area contributed by atoms with Crippen LogP contribution in [-0.4, -0.2) is 25.0 Å². The summed E-state index contributed by atoms with van der Waals surface area (Å²) in [6.07, 6.45) is 0. The van der Waals surface area contributed by atoms with E-state index in [9.17, 15) is 9.59 Å². The first-order valence-electron chi connectivity index (χ1n) is 7.23. The molecule has 0 fully saturated rings. The Kier molecular flexibility index (Phi) is 4.91. The van der Waals surface area contributed by atoms with E-state index in [1.807, 2.05) is 31.2 Å². The normalized spacial score (nSPS) is 13.3. The lowest BCUT2D eigenvalue weighted by atomic mass is 10.2. The standard InChI is InChI=1S/C17H14Br2N2O3/c1-10-6-11(18)2-4-13(10)20-16(22)8-21-14-5-3-12(19)7-15(14)24-9-17(21)23/h2-7H,8-9H2,1H3,(H,20,22). The van der Waals surface area contributed by atoms with Crippen LogP contribution in [-0.2, 0) is 9.59 Å². The molecule has 0 atom stereocenters. The number of amides is 2. The maximum atomic E-state index is 12.4. The Hall–Kier alpha value is -1.86. The van der Waals surface area contributed by atoms with Gasteiger partial charge in [0, 0.05) is 14.6 Å². The summed E-state index contributed by atoms with van der Waals surface area (Å²) >= 11 is 6.76. The lowest BCUT2D eigenvalue weighted by Crippen LogP contribution is -2.43. The minimum Gasteiger partial charge on any atom is -0.482 e. The molecular formula is C17H14Br2N2O3. The van der Waals surface area contributed by atoms with Gasteiger partial charge in [-0.25, -0.2) is 0 Å². The fourth-order valence-electron chi connectivity index (χ4n) is 2.45. The predicted octanol–water partition coefficient (Wildman–Crippen LogP) is 3.88. The highest BCUT2D eigenvalue weighted by Crippen LogP contribution is 2.34. The van der Waals surface area contributed by atoms with Crippen molar-refractivity contribution in [3.05, 3.63) is 50.9 Å². The molecule has 2 amide bonds. The largest absolute Gasteiger partial charge is 0.482 e. The van der Waals surface area contributed by atoms with Gasteiger partial charge in [-0.1, -0.05) is 31.9 Å². The molecule has 3 rings (SSSR count). The van der Waals surface area contributed by atoms with E-state index in [0.29, 0.717) is 11.4 Å². The highest BCUT2D eigenvalue weighted by atomic mass is 79.9. The number of carbonyl (C=O) groups excluding carboxylic acids is 2. The fourth-order valence-corrected chi connectivity index (χ4v) is 3.27. The molecule has 0 aliphatic carbocycles. The van der Waals surface area contributed by atoms with Crippen LogP contribution in [0.1, 0.15) is 5.56 Å². The number of aryl methyl sites for hydroxylation is 1. The molecule has 1 aliphatic heterocycles. The van der Waals surface area contributed by atoms with Crippen molar-refractivity contribution in [1.29, 1.82) is 0 Å². The number of benzene rings is 2. The Morgan fingerprint density at radius 3 is 2.67 bits per heavy atom. The first kappa shape index (κ1) is 17.0. The highest BCUT2D eigenvalue weighted by molar-refractivity contribution is 9.10. The van der Waals surface area contributed by atoms with E-state index in [2.05, 4.69) is 37.2 Å². The Bertz CT molecular complexity index is 823. The molecule has 0 saturated carbocycles. The van der Waals surface area contributed by atoms with Crippen molar-refractivity contribution in [3.63, 3.8) is 0 Å². The van der Waals surface area contributed by atoms with Crippen molar-refractivity contribution in [2.45, 2.75) is 6.92 Å². The number of ether oxygens (including phenoxy) is 1. The zero-order chi connectivity index (χ0) is 17.3. The molecule has 0 spiro atoms. The lowest BCUT2D eigenvalue weighted by Gasteiger charge is -2.29. The van der Waals surface area contributed by atoms with Crippen molar-refractivity contribution in [3.8, 4) is 5.75 Å². The minimum absolute atomic E-state index is 0.0632. The number of nitrogens with zero attached hydrogens (tertiary/aromatic N) is 1. The molecule has 0 radical (unpaired) electrons. The van der Waals surface area contributed by atoms with E-state index < -0.39 is 0 Å². The number of hydrogen-bond acceptors (Lipinski definition) is 3. The quantitative estimate of drug-likeness (QED) is 0.766. The molecule has 7 heteroatoms. The van der Waals surface area contributed by atoms with Crippen molar-refractivity contribution in [2.75, 3.05) is 23.4 Å². The Balaban J connectivity index is 1.78. The second-order valence-electron chi connectivity index (χ2n) is 5.39. The third-order valence-corrected chi connectivity index (χ3v) is 4.62. The van der Waals surface area contributed by atoms with E-state index in [1.54, 1.807) is 12.1 Å². The summed E-state index contributed by atoms with van der Waals surface area (Å²) in [5.41, 5.74) is 2.26. The van der Waals surface area contributed by atoms with E-state index in [0.717, 1.165) is 20.2 Å². The molecule has 124 valence electrons. The van der Waals surface area contributed by atoms with Crippen LogP contribution in [0.15, 0.2) is 45.3 Å². The summed E-state index contributed by atoms with van der Waals surface area (Å²) in [5, 5.41) is 2.84. The average Bonchev–Trinajstić information content (AvgIpc) is 2.53. The number of carbonyl (C=O) groups is 2. The minimum atomic E-state index is -0.260. The molecule has 0 bridgehead atoms. The maximum Gasteiger partial charge on any atom is 0.265 e. The van der Waals surface area contributed by atoms with Crippen LogP contribution in [0.4, 0.5) is 11.4 Å². The van der Waals surface area contributed by atoms with Crippen molar-refractivity contribution in [2.24, 2.45) is 0 Å². The summed E-state index contributed by atoms with van der Waals surface area (Å²) in [7, 11) is 0. The topological polar surface area (TPSA) is 58.6 Å². The molecule has 0 unspecified atom stereocenters. The van der Waals surface area contributed by atoms with Crippen molar-refractivity contribution >= 4 is 55.0 Å². The van der Waals surface area contributed by atoms with Crippen LogP contribution in [0.2, 0.25) is 0 Å². The number of anilines is 2. The van der Waals surface area contributed by atoms with Crippen molar-refractivity contribution < 1.29 is 14.3 Å². The van der Waals surface area contributed by atoms with Gasteiger partial charge in [-0.2, -0.15) is 0 Å². The van der Waals surface area contributed by atoms with Gasteiger partial charge in [0.05, 0.1) is 5.69 Å². The SMILES string of the molecule is Cc1cc(Br)ccc1NC(=O)CN1C(=O)COc2cc(Br)ccc21. The number of nitrogens with one attached hydrogen (secondary N) is 1. The van der Waals surface area contributed by atoms with Crippen molar-refractivity contribution in [1.82, 2.24) is 0 Å². The van der Waals surface area contributed by atoms with Gasteiger partial charge in [0.25, 0.3) is 5.91 Å². The van der Waals surface area contributed by atoms with Gasteiger partial charge in [-0.05, 0) is 48.9 Å². The average molecular weight is 454 g/mol. The smallest absolute Gasteiger partial charge is 0.265 e. The maximum absolute atomic E-state index is 12.4. The summed E-state index contributed by atoms with van der Waals surface area (Å²) in [4.78, 5) is 26.0. The van der Waals surface area contributed by atoms with Gasteiger partial charge < -0.3 is 10.1 Å². The third-order valence-electron chi connectivity index (χ3n) is 3.63. The van der Waals surface area contributed by atoms with Gasteiger partial charge in [0.2, 0.25) is 5.91 Å². The molecule has 0 saturated heterocycles. The third kappa shape index (κ3) is 3.62. The van der Waals surface area contributed by atoms with E-state index >= 15 is 0 Å². The molecule has 0 aromatic heterocycles. The Morgan fingerprint density at radius 1 is 1.21 bits per heavy atom. The molecule has 5 nitrogen and oxygen atoms in total. The molecule has 1 aliphatic rings. The van der Waals surface area contributed by atoms with E-state index in [4.69, 9.17) is 4.74 Å². The summed E-state index contributed by atoms with van der Waals surface area (Å²) < 4.78 is 7.22. The van der Waals surface area contributed by atoms with Crippen LogP contribution in [0.5, 0.6) is 5.75 Å². The molecule has 2 aromatic carbocycles. The molecule has 1 heterocycles. The van der Waals surface area contributed by atoms with E-state index in [-0.39, 0.29) is 25.0 Å². The summed E-state index contributed by atoms with van der Waals surface area (Å²) in [6, 6.07) is 11.0. The molecular weight excluding hydrogens is 440 g/mol. The van der Waals surface area contributed by atoms with Crippen LogP contribution in [0.25, 0.3) is 0 Å². The number of fused-ring (bicyclic) bond motifs is 1. The zero-order valence-corrected chi connectivity index (χ0v) is 16.0. The monoisotopic (exact) mass is 452 g/mol. The second-order valence-corrected chi connectivity index (χ2v) is 7.22. The Labute approximate surface area is 156 Å². The van der Waals surface area contributed by atoms with Crippen LogP contribution < -0.4 is 15.0 Å². The predicted molar refractivity (Wildman–Crippen MR) is 99.5 cm³/mol. The molecule has 24 heavy (non-hydrogen) atoms. The fraction of sp³-hybridized carbons (Fsp3) is 0.176. The first-order valence-corrected chi connectivity index (χ1v) is 8.81. The number of hydrogen-bond donors (Lipinski definition) is 1.